The van der Waals surface area contributed by atoms with Crippen molar-refractivity contribution in [2.75, 3.05) is 33.5 Å². The molecule has 23 heavy (non-hydrogen) atoms. The van der Waals surface area contributed by atoms with E-state index in [4.69, 9.17) is 13.8 Å². The molecule has 0 aliphatic carbocycles. The predicted octanol–water partition coefficient (Wildman–Crippen LogP) is 2.31. The molecule has 0 bridgehead atoms. The molecule has 1 fully saturated rings. The Kier molecular flexibility index (Phi) is 5.93. The molecule has 1 heterocycles. The van der Waals surface area contributed by atoms with Crippen molar-refractivity contribution in [1.29, 1.82) is 0 Å². The van der Waals surface area contributed by atoms with Crippen LogP contribution in [0.5, 0.6) is 5.75 Å². The standard InChI is InChI=1S/C15H20NO6P/c1-20-23(19,21-2)11-14(17)22-13-8-4-3-7-12(13)15(18)16-9-5-6-10-16/h3-4,7-8H,5-6,9-11H2,1-2H3. The molecule has 0 N–H and O–H groups in total. The van der Waals surface area contributed by atoms with Crippen LogP contribution in [0, 0.1) is 0 Å². The monoisotopic (exact) mass is 341 g/mol. The third-order valence-corrected chi connectivity index (χ3v) is 5.37. The highest BCUT2D eigenvalue weighted by atomic mass is 31.2. The van der Waals surface area contributed by atoms with Crippen molar-refractivity contribution >= 4 is 19.5 Å². The van der Waals surface area contributed by atoms with E-state index >= 15 is 0 Å². The zero-order valence-electron chi connectivity index (χ0n) is 13.2. The summed E-state index contributed by atoms with van der Waals surface area (Å²) in [4.78, 5) is 26.2. The van der Waals surface area contributed by atoms with Crippen molar-refractivity contribution in [3.05, 3.63) is 29.8 Å². The van der Waals surface area contributed by atoms with Gasteiger partial charge in [0, 0.05) is 27.3 Å². The molecule has 1 amide bonds. The first-order chi connectivity index (χ1) is 11.0. The highest BCUT2D eigenvalue weighted by molar-refractivity contribution is 7.54. The van der Waals surface area contributed by atoms with Gasteiger partial charge in [-0.2, -0.15) is 0 Å². The van der Waals surface area contributed by atoms with Crippen LogP contribution in [0.2, 0.25) is 0 Å². The molecule has 1 aliphatic heterocycles. The van der Waals surface area contributed by atoms with Gasteiger partial charge in [0.25, 0.3) is 5.91 Å². The number of rotatable bonds is 6. The van der Waals surface area contributed by atoms with E-state index < -0.39 is 19.7 Å². The highest BCUT2D eigenvalue weighted by Crippen LogP contribution is 2.46. The highest BCUT2D eigenvalue weighted by Gasteiger charge is 2.28. The van der Waals surface area contributed by atoms with Crippen molar-refractivity contribution in [2.24, 2.45) is 0 Å². The summed E-state index contributed by atoms with van der Waals surface area (Å²) in [6, 6.07) is 6.51. The van der Waals surface area contributed by atoms with Crippen LogP contribution in [0.4, 0.5) is 0 Å². The van der Waals surface area contributed by atoms with E-state index in [1.165, 1.54) is 20.3 Å². The minimum absolute atomic E-state index is 0.146. The van der Waals surface area contributed by atoms with Gasteiger partial charge in [0.05, 0.1) is 5.56 Å². The second kappa shape index (κ2) is 7.73. The molecule has 1 aromatic carbocycles. The molecule has 126 valence electrons. The number of hydrogen-bond donors (Lipinski definition) is 0. The van der Waals surface area contributed by atoms with Gasteiger partial charge in [-0.05, 0) is 25.0 Å². The van der Waals surface area contributed by atoms with Gasteiger partial charge in [0.2, 0.25) is 0 Å². The maximum atomic E-state index is 12.5. The molecule has 0 atom stereocenters. The van der Waals surface area contributed by atoms with E-state index in [-0.39, 0.29) is 11.7 Å². The largest absolute Gasteiger partial charge is 0.425 e. The molecule has 7 nitrogen and oxygen atoms in total. The Morgan fingerprint density at radius 2 is 1.74 bits per heavy atom. The molecule has 0 aromatic heterocycles. The topological polar surface area (TPSA) is 82.1 Å². The Hall–Kier alpha value is -1.69. The molecule has 0 saturated carbocycles. The fraction of sp³-hybridized carbons (Fsp3) is 0.467. The van der Waals surface area contributed by atoms with Crippen LogP contribution in [0.3, 0.4) is 0 Å². The van der Waals surface area contributed by atoms with Crippen LogP contribution in [0.25, 0.3) is 0 Å². The van der Waals surface area contributed by atoms with Crippen molar-refractivity contribution < 1.29 is 27.9 Å². The Morgan fingerprint density at radius 3 is 2.35 bits per heavy atom. The number of benzene rings is 1. The fourth-order valence-electron chi connectivity index (χ4n) is 2.34. The number of esters is 1. The number of carbonyl (C=O) groups is 2. The molecule has 8 heteroatoms. The van der Waals surface area contributed by atoms with Crippen LogP contribution in [0.1, 0.15) is 23.2 Å². The summed E-state index contributed by atoms with van der Waals surface area (Å²) in [5, 5.41) is 0. The van der Waals surface area contributed by atoms with Gasteiger partial charge in [-0.3, -0.25) is 14.2 Å². The number of ether oxygens (including phenoxy) is 1. The van der Waals surface area contributed by atoms with E-state index in [2.05, 4.69) is 0 Å². The summed E-state index contributed by atoms with van der Waals surface area (Å²) in [5.74, 6) is -0.806. The Bertz CT molecular complexity index is 618. The van der Waals surface area contributed by atoms with Gasteiger partial charge in [0.1, 0.15) is 11.9 Å². The van der Waals surface area contributed by atoms with E-state index in [9.17, 15) is 14.2 Å². The zero-order chi connectivity index (χ0) is 16.9. The van der Waals surface area contributed by atoms with Gasteiger partial charge in [-0.15, -0.1) is 0 Å². The first-order valence-electron chi connectivity index (χ1n) is 7.28. The smallest absolute Gasteiger partial charge is 0.341 e. The van der Waals surface area contributed by atoms with Gasteiger partial charge in [-0.1, -0.05) is 12.1 Å². The second-order valence-corrected chi connectivity index (χ2v) is 7.37. The van der Waals surface area contributed by atoms with Crippen LogP contribution in [-0.2, 0) is 18.4 Å². The van der Waals surface area contributed by atoms with E-state index in [1.807, 2.05) is 0 Å². The van der Waals surface area contributed by atoms with Gasteiger partial charge >= 0.3 is 13.6 Å². The molecule has 1 aromatic rings. The molecule has 0 radical (unpaired) electrons. The summed E-state index contributed by atoms with van der Waals surface area (Å²) in [7, 11) is -1.11. The molecule has 2 rings (SSSR count). The average Bonchev–Trinajstić information content (AvgIpc) is 3.09. The van der Waals surface area contributed by atoms with Crippen LogP contribution in [-0.4, -0.2) is 50.2 Å². The normalized spacial score (nSPS) is 14.8. The number of amides is 1. The van der Waals surface area contributed by atoms with Crippen molar-refractivity contribution in [2.45, 2.75) is 12.8 Å². The lowest BCUT2D eigenvalue weighted by Gasteiger charge is -2.18. The average molecular weight is 341 g/mol. The molecule has 1 saturated heterocycles. The van der Waals surface area contributed by atoms with Crippen LogP contribution < -0.4 is 4.74 Å². The minimum atomic E-state index is -3.50. The number of hydrogen-bond acceptors (Lipinski definition) is 6. The van der Waals surface area contributed by atoms with Crippen molar-refractivity contribution in [3.63, 3.8) is 0 Å². The number of likely N-dealkylation sites (tertiary alicyclic amines) is 1. The van der Waals surface area contributed by atoms with Gasteiger partial charge in [0.15, 0.2) is 0 Å². The molecule has 0 unspecified atom stereocenters. The fourth-order valence-corrected chi connectivity index (χ4v) is 3.13. The lowest BCUT2D eigenvalue weighted by molar-refractivity contribution is -0.131. The lowest BCUT2D eigenvalue weighted by atomic mass is 10.2. The summed E-state index contributed by atoms with van der Waals surface area (Å²) in [6.45, 7) is 1.40. The van der Waals surface area contributed by atoms with Gasteiger partial charge in [-0.25, -0.2) is 0 Å². The Morgan fingerprint density at radius 1 is 1.13 bits per heavy atom. The SMILES string of the molecule is COP(=O)(CC(=O)Oc1ccccc1C(=O)N1CCCC1)OC. The van der Waals surface area contributed by atoms with E-state index in [0.29, 0.717) is 18.7 Å². The van der Waals surface area contributed by atoms with Crippen molar-refractivity contribution in [1.82, 2.24) is 4.90 Å². The summed E-state index contributed by atoms with van der Waals surface area (Å²) in [6.07, 6.45) is 1.42. The molecular formula is C15H20NO6P. The predicted molar refractivity (Wildman–Crippen MR) is 83.7 cm³/mol. The summed E-state index contributed by atoms with van der Waals surface area (Å²) in [5.41, 5.74) is 0.312. The molecule has 1 aliphatic rings. The van der Waals surface area contributed by atoms with Crippen molar-refractivity contribution in [3.8, 4) is 5.75 Å². The quantitative estimate of drug-likeness (QED) is 0.449. The van der Waals surface area contributed by atoms with E-state index in [0.717, 1.165) is 12.8 Å². The number of nitrogens with zero attached hydrogens (tertiary/aromatic N) is 1. The number of carbonyl (C=O) groups excluding carboxylic acids is 2. The minimum Gasteiger partial charge on any atom is -0.425 e. The molecule has 0 spiro atoms. The summed E-state index contributed by atoms with van der Waals surface area (Å²) < 4.78 is 26.6. The first kappa shape index (κ1) is 17.7. The van der Waals surface area contributed by atoms with Crippen LogP contribution >= 0.6 is 7.60 Å². The second-order valence-electron chi connectivity index (χ2n) is 5.10. The molecular weight excluding hydrogens is 321 g/mol. The van der Waals surface area contributed by atoms with E-state index in [1.54, 1.807) is 23.1 Å². The first-order valence-corrected chi connectivity index (χ1v) is 9.01. The van der Waals surface area contributed by atoms with Crippen LogP contribution in [0.15, 0.2) is 24.3 Å². The maximum Gasteiger partial charge on any atom is 0.341 e. The Labute approximate surface area is 135 Å². The number of para-hydroxylation sites is 1. The third kappa shape index (κ3) is 4.41. The van der Waals surface area contributed by atoms with Gasteiger partial charge < -0.3 is 18.7 Å². The lowest BCUT2D eigenvalue weighted by Crippen LogP contribution is -2.28. The Balaban J connectivity index is 2.12. The third-order valence-electron chi connectivity index (χ3n) is 3.61. The zero-order valence-corrected chi connectivity index (χ0v) is 14.1. The summed E-state index contributed by atoms with van der Waals surface area (Å²) >= 11 is 0. The maximum absolute atomic E-state index is 12.5.